The molecule has 0 fully saturated rings. The number of ether oxygens (including phenoxy) is 3. The van der Waals surface area contributed by atoms with Gasteiger partial charge < -0.3 is 24.4 Å². The van der Waals surface area contributed by atoms with Crippen molar-refractivity contribution in [2.45, 2.75) is 12.5 Å². The summed E-state index contributed by atoms with van der Waals surface area (Å²) in [6.07, 6.45) is 4.64. The average Bonchev–Trinajstić information content (AvgIpc) is 2.67. The lowest BCUT2D eigenvalue weighted by Crippen LogP contribution is -2.14. The lowest BCUT2D eigenvalue weighted by atomic mass is 10.0. The first-order chi connectivity index (χ1) is 13.0. The molecular formula is C21H20O6. The summed E-state index contributed by atoms with van der Waals surface area (Å²) < 4.78 is 16.1. The summed E-state index contributed by atoms with van der Waals surface area (Å²) in [5.74, 6) is 1.14. The van der Waals surface area contributed by atoms with Crippen molar-refractivity contribution in [3.63, 3.8) is 0 Å². The number of benzene rings is 2. The molecule has 0 saturated heterocycles. The van der Waals surface area contributed by atoms with Crippen molar-refractivity contribution in [2.24, 2.45) is 0 Å². The molecule has 0 amide bonds. The molecule has 2 N–H and O–H groups in total. The predicted octanol–water partition coefficient (Wildman–Crippen LogP) is 3.74. The molecule has 6 nitrogen and oxygen atoms in total. The molecule has 1 aliphatic heterocycles. The molecule has 0 bridgehead atoms. The van der Waals surface area contributed by atoms with E-state index in [1.807, 2.05) is 0 Å². The van der Waals surface area contributed by atoms with Crippen LogP contribution in [0.5, 0.6) is 23.0 Å². The van der Waals surface area contributed by atoms with E-state index in [-0.39, 0.29) is 23.7 Å². The second-order valence-corrected chi connectivity index (χ2v) is 6.02. The van der Waals surface area contributed by atoms with Crippen LogP contribution >= 0.6 is 0 Å². The molecule has 0 spiro atoms. The highest BCUT2D eigenvalue weighted by molar-refractivity contribution is 5.92. The molecule has 27 heavy (non-hydrogen) atoms. The molecule has 6 heteroatoms. The molecule has 0 radical (unpaired) electrons. The van der Waals surface area contributed by atoms with E-state index in [9.17, 15) is 15.0 Å². The van der Waals surface area contributed by atoms with Gasteiger partial charge >= 0.3 is 0 Å². The quantitative estimate of drug-likeness (QED) is 0.836. The molecule has 0 aliphatic carbocycles. The van der Waals surface area contributed by atoms with E-state index in [2.05, 4.69) is 0 Å². The maximum atomic E-state index is 12.1. The van der Waals surface area contributed by atoms with Gasteiger partial charge in [-0.1, -0.05) is 18.2 Å². The van der Waals surface area contributed by atoms with E-state index in [0.717, 1.165) is 11.1 Å². The highest BCUT2D eigenvalue weighted by Gasteiger charge is 2.23. The molecule has 0 aromatic heterocycles. The van der Waals surface area contributed by atoms with Crippen molar-refractivity contribution in [3.8, 4) is 23.0 Å². The maximum absolute atomic E-state index is 12.1. The number of phenols is 2. The number of carbonyl (C=O) groups excluding carboxylic acids is 1. The number of methoxy groups -OCH3 is 2. The fourth-order valence-corrected chi connectivity index (χ4v) is 2.78. The van der Waals surface area contributed by atoms with Crippen LogP contribution in [0, 0.1) is 0 Å². The Hall–Kier alpha value is -3.41. The highest BCUT2D eigenvalue weighted by atomic mass is 16.5. The fraction of sp³-hybridized carbons (Fsp3) is 0.190. The van der Waals surface area contributed by atoms with E-state index in [4.69, 9.17) is 14.2 Å². The Morgan fingerprint density at radius 3 is 2.37 bits per heavy atom. The van der Waals surface area contributed by atoms with E-state index in [1.165, 1.54) is 32.4 Å². The zero-order valence-corrected chi connectivity index (χ0v) is 15.0. The second-order valence-electron chi connectivity index (χ2n) is 6.02. The largest absolute Gasteiger partial charge is 0.504 e. The van der Waals surface area contributed by atoms with Gasteiger partial charge in [0, 0.05) is 6.08 Å². The number of phenolic OH excluding ortho intramolecular Hbond substituents is 2. The van der Waals surface area contributed by atoms with Gasteiger partial charge in [-0.25, -0.2) is 0 Å². The molecule has 1 atom stereocenters. The van der Waals surface area contributed by atoms with E-state index >= 15 is 0 Å². The Labute approximate surface area is 156 Å². The Balaban J connectivity index is 1.80. The average molecular weight is 368 g/mol. The van der Waals surface area contributed by atoms with Crippen molar-refractivity contribution in [1.29, 1.82) is 0 Å². The van der Waals surface area contributed by atoms with Crippen LogP contribution in [0.4, 0.5) is 0 Å². The molecule has 2 aromatic rings. The van der Waals surface area contributed by atoms with Crippen LogP contribution in [0.25, 0.3) is 6.08 Å². The third-order valence-electron chi connectivity index (χ3n) is 4.19. The van der Waals surface area contributed by atoms with Crippen LogP contribution in [0.3, 0.4) is 0 Å². The zero-order chi connectivity index (χ0) is 19.4. The van der Waals surface area contributed by atoms with Crippen LogP contribution in [0.15, 0.2) is 54.3 Å². The van der Waals surface area contributed by atoms with Crippen LogP contribution in [-0.2, 0) is 9.53 Å². The topological polar surface area (TPSA) is 85.2 Å². The minimum absolute atomic E-state index is 0.0281. The van der Waals surface area contributed by atoms with E-state index < -0.39 is 6.10 Å². The summed E-state index contributed by atoms with van der Waals surface area (Å²) in [6.45, 7) is 0. The normalized spacial score (nSPS) is 16.7. The number of carbonyl (C=O) groups is 1. The lowest BCUT2D eigenvalue weighted by Gasteiger charge is -2.23. The van der Waals surface area contributed by atoms with E-state index in [1.54, 1.807) is 36.4 Å². The molecule has 1 heterocycles. The van der Waals surface area contributed by atoms with Crippen LogP contribution in [0.1, 0.15) is 23.7 Å². The van der Waals surface area contributed by atoms with Gasteiger partial charge in [-0.05, 0) is 41.5 Å². The molecule has 1 aliphatic rings. The van der Waals surface area contributed by atoms with Crippen LogP contribution in [0.2, 0.25) is 0 Å². The van der Waals surface area contributed by atoms with Crippen molar-refractivity contribution in [1.82, 2.24) is 0 Å². The molecule has 140 valence electrons. The Morgan fingerprint density at radius 1 is 1.00 bits per heavy atom. The minimum atomic E-state index is -0.467. The summed E-state index contributed by atoms with van der Waals surface area (Å²) in [4.78, 5) is 12.1. The molecule has 1 unspecified atom stereocenters. The zero-order valence-electron chi connectivity index (χ0n) is 15.0. The van der Waals surface area contributed by atoms with Gasteiger partial charge in [-0.3, -0.25) is 4.79 Å². The van der Waals surface area contributed by atoms with E-state index in [0.29, 0.717) is 17.3 Å². The molecule has 2 aromatic carbocycles. The fourth-order valence-electron chi connectivity index (χ4n) is 2.78. The Morgan fingerprint density at radius 2 is 1.67 bits per heavy atom. The maximum Gasteiger partial charge on any atom is 0.163 e. The Kier molecular flexibility index (Phi) is 5.35. The number of ketones is 1. The number of rotatable bonds is 5. The predicted molar refractivity (Wildman–Crippen MR) is 99.9 cm³/mol. The number of hydrogen-bond donors (Lipinski definition) is 2. The number of allylic oxidation sites excluding steroid dienone is 2. The van der Waals surface area contributed by atoms with Gasteiger partial charge in [0.1, 0.15) is 11.9 Å². The summed E-state index contributed by atoms with van der Waals surface area (Å²) in [6, 6.07) is 9.81. The lowest BCUT2D eigenvalue weighted by molar-refractivity contribution is -0.118. The second kappa shape index (κ2) is 7.86. The first kappa shape index (κ1) is 18.4. The van der Waals surface area contributed by atoms with Crippen LogP contribution in [-0.4, -0.2) is 30.2 Å². The van der Waals surface area contributed by atoms with Crippen molar-refractivity contribution < 1.29 is 29.2 Å². The summed E-state index contributed by atoms with van der Waals surface area (Å²) in [5.41, 5.74) is 1.53. The Bertz CT molecular complexity index is 913. The first-order valence-electron chi connectivity index (χ1n) is 8.33. The van der Waals surface area contributed by atoms with Gasteiger partial charge in [0.15, 0.2) is 28.8 Å². The molecule has 3 rings (SSSR count). The standard InChI is InChI=1S/C21H20O6/c1-25-20-9-13(4-7-17(20)23)3-6-16-11-15(22)12-19(27-16)14-5-8-18(24)21(10-14)26-2/h3-11,19,23-24H,12H2,1-2H3. The monoisotopic (exact) mass is 368 g/mol. The number of aromatic hydroxyl groups is 2. The van der Waals surface area contributed by atoms with Gasteiger partial charge in [0.25, 0.3) is 0 Å². The van der Waals surface area contributed by atoms with Gasteiger partial charge in [0.2, 0.25) is 0 Å². The highest BCUT2D eigenvalue weighted by Crippen LogP contribution is 2.35. The smallest absolute Gasteiger partial charge is 0.163 e. The number of hydrogen-bond acceptors (Lipinski definition) is 6. The SMILES string of the molecule is COc1cc(C=CC2=CC(=O)CC(c3ccc(O)c(OC)c3)O2)ccc1O. The van der Waals surface area contributed by atoms with Crippen molar-refractivity contribution in [3.05, 3.63) is 65.4 Å². The first-order valence-corrected chi connectivity index (χ1v) is 8.33. The van der Waals surface area contributed by atoms with Gasteiger partial charge in [-0.2, -0.15) is 0 Å². The summed E-state index contributed by atoms with van der Waals surface area (Å²) in [7, 11) is 2.94. The molecule has 0 saturated carbocycles. The van der Waals surface area contributed by atoms with Crippen molar-refractivity contribution in [2.75, 3.05) is 14.2 Å². The summed E-state index contributed by atoms with van der Waals surface area (Å²) in [5, 5.41) is 19.4. The third kappa shape index (κ3) is 4.23. The summed E-state index contributed by atoms with van der Waals surface area (Å²) >= 11 is 0. The van der Waals surface area contributed by atoms with Gasteiger partial charge in [-0.15, -0.1) is 0 Å². The molecular weight excluding hydrogens is 348 g/mol. The van der Waals surface area contributed by atoms with Crippen LogP contribution < -0.4 is 9.47 Å². The third-order valence-corrected chi connectivity index (χ3v) is 4.19. The van der Waals surface area contributed by atoms with Crippen molar-refractivity contribution >= 4 is 11.9 Å². The minimum Gasteiger partial charge on any atom is -0.504 e. The van der Waals surface area contributed by atoms with Gasteiger partial charge in [0.05, 0.1) is 20.6 Å².